The van der Waals surface area contributed by atoms with Crippen LogP contribution in [-0.4, -0.2) is 45.7 Å². The minimum absolute atomic E-state index is 0.00983. The Morgan fingerprint density at radius 3 is 2.68 bits per heavy atom. The SMILES string of the molecule is C=C1C(=O)[C@]23C(O)[C@@H]1C[C@@]1(O)OC[C@@]4(CCCC(C)(C)[C@H]4C[C@H]2O)[C@@H]31. The Morgan fingerprint density at radius 1 is 1.24 bits per heavy atom. The van der Waals surface area contributed by atoms with Crippen LogP contribution in [0, 0.1) is 34.0 Å². The summed E-state index contributed by atoms with van der Waals surface area (Å²) in [5.74, 6) is -2.61. The first-order valence-electron chi connectivity index (χ1n) is 9.57. The molecule has 5 rings (SSSR count). The molecule has 1 aliphatic heterocycles. The van der Waals surface area contributed by atoms with E-state index in [1.807, 2.05) is 0 Å². The average Bonchev–Trinajstić information content (AvgIpc) is 2.89. The fourth-order valence-corrected chi connectivity index (χ4v) is 7.89. The molecule has 1 unspecified atom stereocenters. The summed E-state index contributed by atoms with van der Waals surface area (Å²) in [4.78, 5) is 13.3. The van der Waals surface area contributed by atoms with Gasteiger partial charge in [-0.25, -0.2) is 0 Å². The molecule has 0 aromatic rings. The lowest BCUT2D eigenvalue weighted by Crippen LogP contribution is -2.71. The molecule has 4 saturated carbocycles. The van der Waals surface area contributed by atoms with E-state index >= 15 is 0 Å². The highest BCUT2D eigenvalue weighted by atomic mass is 16.6. The second kappa shape index (κ2) is 4.38. The van der Waals surface area contributed by atoms with E-state index in [-0.39, 0.29) is 29.0 Å². The average molecular weight is 348 g/mol. The van der Waals surface area contributed by atoms with Crippen LogP contribution in [0.4, 0.5) is 0 Å². The third-order valence-electron chi connectivity index (χ3n) is 8.72. The zero-order valence-corrected chi connectivity index (χ0v) is 15.0. The molecular formula is C20H28O5. The van der Waals surface area contributed by atoms with Crippen molar-refractivity contribution in [1.29, 1.82) is 0 Å². The third kappa shape index (κ3) is 1.51. The van der Waals surface area contributed by atoms with Crippen LogP contribution in [0.1, 0.15) is 46.0 Å². The summed E-state index contributed by atoms with van der Waals surface area (Å²) < 4.78 is 6.02. The quantitative estimate of drug-likeness (QED) is 0.576. The molecule has 1 heterocycles. The largest absolute Gasteiger partial charge is 0.392 e. The molecule has 8 atom stereocenters. The monoisotopic (exact) mass is 348 g/mol. The number of ether oxygens (including phenoxy) is 1. The van der Waals surface area contributed by atoms with Gasteiger partial charge in [-0.05, 0) is 36.2 Å². The molecule has 138 valence electrons. The van der Waals surface area contributed by atoms with Gasteiger partial charge in [0.25, 0.3) is 0 Å². The molecule has 0 aromatic carbocycles. The smallest absolute Gasteiger partial charge is 0.170 e. The maximum absolute atomic E-state index is 13.3. The number of hydrogen-bond acceptors (Lipinski definition) is 5. The predicted octanol–water partition coefficient (Wildman–Crippen LogP) is 1.40. The number of carbonyl (C=O) groups is 1. The lowest BCUT2D eigenvalue weighted by atomic mass is 9.39. The minimum atomic E-state index is -1.45. The summed E-state index contributed by atoms with van der Waals surface area (Å²) >= 11 is 0. The molecule has 3 N–H and O–H groups in total. The van der Waals surface area contributed by atoms with Gasteiger partial charge in [0.1, 0.15) is 0 Å². The molecule has 0 radical (unpaired) electrons. The van der Waals surface area contributed by atoms with Crippen LogP contribution in [0.5, 0.6) is 0 Å². The van der Waals surface area contributed by atoms with Crippen molar-refractivity contribution in [3.8, 4) is 0 Å². The van der Waals surface area contributed by atoms with Crippen LogP contribution >= 0.6 is 0 Å². The number of fused-ring (bicyclic) bond motifs is 1. The Hall–Kier alpha value is -0.750. The van der Waals surface area contributed by atoms with E-state index in [9.17, 15) is 20.1 Å². The molecule has 5 fully saturated rings. The van der Waals surface area contributed by atoms with Gasteiger partial charge in [0.15, 0.2) is 11.6 Å². The van der Waals surface area contributed by atoms with Gasteiger partial charge >= 0.3 is 0 Å². The van der Waals surface area contributed by atoms with Gasteiger partial charge in [0.2, 0.25) is 0 Å². The Balaban J connectivity index is 1.77. The normalized spacial score (nSPS) is 58.8. The lowest BCUT2D eigenvalue weighted by molar-refractivity contribution is -0.293. The Bertz CT molecular complexity index is 686. The van der Waals surface area contributed by atoms with E-state index < -0.39 is 35.2 Å². The Kier molecular flexibility index (Phi) is 2.88. The highest BCUT2D eigenvalue weighted by Gasteiger charge is 2.82. The number of ketones is 1. The topological polar surface area (TPSA) is 87.0 Å². The van der Waals surface area contributed by atoms with E-state index in [1.54, 1.807) is 0 Å². The first kappa shape index (κ1) is 16.4. The van der Waals surface area contributed by atoms with E-state index in [0.717, 1.165) is 19.3 Å². The second-order valence-electron chi connectivity index (χ2n) is 9.99. The summed E-state index contributed by atoms with van der Waals surface area (Å²) in [7, 11) is 0. The molecule has 0 amide bonds. The predicted molar refractivity (Wildman–Crippen MR) is 89.3 cm³/mol. The van der Waals surface area contributed by atoms with Gasteiger partial charge in [0, 0.05) is 23.7 Å². The number of carbonyl (C=O) groups excluding carboxylic acids is 1. The molecule has 25 heavy (non-hydrogen) atoms. The summed E-state index contributed by atoms with van der Waals surface area (Å²) in [5.41, 5.74) is -1.35. The molecule has 2 bridgehead atoms. The number of hydrogen-bond donors (Lipinski definition) is 3. The van der Waals surface area contributed by atoms with Crippen molar-refractivity contribution in [2.75, 3.05) is 6.61 Å². The van der Waals surface area contributed by atoms with E-state index in [2.05, 4.69) is 20.4 Å². The van der Waals surface area contributed by atoms with Crippen molar-refractivity contribution in [3.05, 3.63) is 12.2 Å². The lowest BCUT2D eigenvalue weighted by Gasteiger charge is -2.64. The van der Waals surface area contributed by atoms with Gasteiger partial charge in [-0.3, -0.25) is 4.79 Å². The summed E-state index contributed by atoms with van der Waals surface area (Å²) in [5, 5.41) is 33.7. The second-order valence-corrected chi connectivity index (χ2v) is 9.99. The third-order valence-corrected chi connectivity index (χ3v) is 8.72. The zero-order chi connectivity index (χ0) is 18.0. The van der Waals surface area contributed by atoms with Gasteiger partial charge in [-0.1, -0.05) is 26.8 Å². The van der Waals surface area contributed by atoms with E-state index in [1.165, 1.54) is 0 Å². The highest BCUT2D eigenvalue weighted by Crippen LogP contribution is 2.75. The van der Waals surface area contributed by atoms with E-state index in [4.69, 9.17) is 4.74 Å². The van der Waals surface area contributed by atoms with Crippen molar-refractivity contribution in [2.45, 2.75) is 63.9 Å². The van der Waals surface area contributed by atoms with Crippen molar-refractivity contribution >= 4 is 5.78 Å². The van der Waals surface area contributed by atoms with Gasteiger partial charge in [0.05, 0.1) is 24.2 Å². The molecule has 2 spiro atoms. The minimum Gasteiger partial charge on any atom is -0.392 e. The first-order valence-corrected chi connectivity index (χ1v) is 9.57. The molecule has 5 nitrogen and oxygen atoms in total. The Labute approximate surface area is 148 Å². The van der Waals surface area contributed by atoms with Crippen LogP contribution in [0.2, 0.25) is 0 Å². The fraction of sp³-hybridized carbons (Fsp3) is 0.850. The fourth-order valence-electron chi connectivity index (χ4n) is 7.89. The first-order chi connectivity index (χ1) is 11.6. The molecule has 5 aliphatic rings. The highest BCUT2D eigenvalue weighted by molar-refractivity contribution is 6.04. The van der Waals surface area contributed by atoms with Crippen LogP contribution in [0.25, 0.3) is 0 Å². The molecule has 5 heteroatoms. The maximum Gasteiger partial charge on any atom is 0.170 e. The van der Waals surface area contributed by atoms with Crippen molar-refractivity contribution < 1.29 is 24.9 Å². The van der Waals surface area contributed by atoms with Crippen molar-refractivity contribution in [3.63, 3.8) is 0 Å². The summed E-state index contributed by atoms with van der Waals surface area (Å²) in [6, 6.07) is 0. The number of aliphatic hydroxyl groups is 3. The number of Topliss-reactive ketones (excluding diaryl/α,β-unsaturated/α-hetero) is 1. The maximum atomic E-state index is 13.3. The molecule has 4 aliphatic carbocycles. The van der Waals surface area contributed by atoms with E-state index in [0.29, 0.717) is 18.6 Å². The van der Waals surface area contributed by atoms with Crippen LogP contribution in [0.3, 0.4) is 0 Å². The van der Waals surface area contributed by atoms with Crippen LogP contribution in [0.15, 0.2) is 12.2 Å². The van der Waals surface area contributed by atoms with Crippen molar-refractivity contribution in [2.24, 2.45) is 34.0 Å². The Morgan fingerprint density at radius 2 is 1.96 bits per heavy atom. The van der Waals surface area contributed by atoms with Gasteiger partial charge < -0.3 is 20.1 Å². The van der Waals surface area contributed by atoms with Crippen LogP contribution < -0.4 is 0 Å². The van der Waals surface area contributed by atoms with Gasteiger partial charge in [-0.15, -0.1) is 0 Å². The zero-order valence-electron chi connectivity index (χ0n) is 15.0. The standard InChI is InChI=1S/C20H28O5/c1-10-11-8-19(24)16-18(9-25-19)6-4-5-17(2,3)12(18)7-13(21)20(16,14(10)22)15(11)23/h11-13,15-16,21,23-24H,1,4-9H2,2-3H3/t11-,12-,13-,15?,16-,18-,19-,20+/m1/s1. The molecule has 1 saturated heterocycles. The summed E-state index contributed by atoms with van der Waals surface area (Å²) in [6.45, 7) is 8.76. The summed E-state index contributed by atoms with van der Waals surface area (Å²) in [6.07, 6.45) is 1.69. The molecular weight excluding hydrogens is 320 g/mol. The van der Waals surface area contributed by atoms with Crippen molar-refractivity contribution in [1.82, 2.24) is 0 Å². The number of rotatable bonds is 0. The molecule has 0 aromatic heterocycles. The van der Waals surface area contributed by atoms with Gasteiger partial charge in [-0.2, -0.15) is 0 Å². The van der Waals surface area contributed by atoms with Crippen LogP contribution in [-0.2, 0) is 9.53 Å². The number of aliphatic hydroxyl groups excluding tert-OH is 2.